The van der Waals surface area contributed by atoms with E-state index in [1.807, 2.05) is 109 Å². The number of pyridine rings is 4. The van der Waals surface area contributed by atoms with Gasteiger partial charge in [-0.3, -0.25) is 20.8 Å². The van der Waals surface area contributed by atoms with Crippen molar-refractivity contribution in [2.75, 3.05) is 5.73 Å². The summed E-state index contributed by atoms with van der Waals surface area (Å²) < 4.78 is 0. The Morgan fingerprint density at radius 2 is 1.00 bits per heavy atom. The molecule has 188 valence electrons. The predicted molar refractivity (Wildman–Crippen MR) is 157 cm³/mol. The Morgan fingerprint density at radius 3 is 1.54 bits per heavy atom. The quantitative estimate of drug-likeness (QED) is 0.192. The van der Waals surface area contributed by atoms with Crippen LogP contribution in [0.15, 0.2) is 128 Å². The number of hydrogen-bond donors (Lipinski definition) is 3. The Balaban J connectivity index is 0.000000384. The van der Waals surface area contributed by atoms with E-state index < -0.39 is 0 Å². The number of aromatic nitrogens is 4. The lowest BCUT2D eigenvalue weighted by Gasteiger charge is -2.16. The van der Waals surface area contributed by atoms with E-state index in [4.69, 9.17) is 26.5 Å². The van der Waals surface area contributed by atoms with E-state index in [0.717, 1.165) is 34.0 Å². The molecule has 7 heteroatoms. The molecule has 4 N–H and O–H groups in total. The molecule has 6 rings (SSSR count). The molecular weight excluding hydrogens is 482 g/mol. The van der Waals surface area contributed by atoms with Crippen LogP contribution in [-0.4, -0.2) is 31.4 Å². The minimum atomic E-state index is 0.118. The largest absolute Gasteiger partial charge is 0.399 e. The van der Waals surface area contributed by atoms with Crippen molar-refractivity contribution in [1.82, 2.24) is 19.9 Å². The zero-order valence-electron chi connectivity index (χ0n) is 21.0. The highest BCUT2D eigenvalue weighted by Gasteiger charge is 2.21. The number of nitrogen functional groups attached to an aromatic ring is 1. The van der Waals surface area contributed by atoms with Crippen molar-refractivity contribution >= 4 is 28.3 Å². The highest BCUT2D eigenvalue weighted by atomic mass is 14.8. The Hall–Kier alpha value is -5.56. The number of nitrogens with two attached hydrogens (primary N) is 1. The summed E-state index contributed by atoms with van der Waals surface area (Å²) in [6, 6.07) is 32.2. The van der Waals surface area contributed by atoms with Crippen LogP contribution in [-0.2, 0) is 0 Å². The molecular formula is C32H25N7. The Morgan fingerprint density at radius 1 is 0.487 bits per heavy atom. The summed E-state index contributed by atoms with van der Waals surface area (Å²) >= 11 is 0. The molecule has 1 aromatic carbocycles. The SMILES string of the molecule is N=C1C=C(c2cccc(-c3ccccn3)n2)C=C(c2cccc(-c3ccccn3)n2)C1=N.Nc1ccccc1. The van der Waals surface area contributed by atoms with E-state index >= 15 is 0 Å². The van der Waals surface area contributed by atoms with Crippen LogP contribution in [0.25, 0.3) is 33.9 Å². The smallest absolute Gasteiger partial charge is 0.0893 e. The Bertz CT molecular complexity index is 1680. The lowest BCUT2D eigenvalue weighted by atomic mass is 9.91. The van der Waals surface area contributed by atoms with E-state index in [0.29, 0.717) is 17.0 Å². The van der Waals surface area contributed by atoms with Gasteiger partial charge in [0, 0.05) is 29.2 Å². The van der Waals surface area contributed by atoms with Gasteiger partial charge in [-0.05, 0) is 72.8 Å². The van der Waals surface area contributed by atoms with Crippen LogP contribution in [0.5, 0.6) is 0 Å². The molecule has 0 amide bonds. The average molecular weight is 508 g/mol. The number of anilines is 1. The van der Waals surface area contributed by atoms with Crippen LogP contribution >= 0.6 is 0 Å². The van der Waals surface area contributed by atoms with Gasteiger partial charge in [-0.1, -0.05) is 42.5 Å². The number of rotatable bonds is 4. The number of para-hydroxylation sites is 1. The van der Waals surface area contributed by atoms with Gasteiger partial charge in [0.15, 0.2) is 0 Å². The molecule has 0 aliphatic heterocycles. The highest BCUT2D eigenvalue weighted by molar-refractivity contribution is 6.61. The summed E-state index contributed by atoms with van der Waals surface area (Å²) in [4.78, 5) is 18.2. The van der Waals surface area contributed by atoms with E-state index in [1.165, 1.54) is 0 Å². The van der Waals surface area contributed by atoms with Crippen molar-refractivity contribution < 1.29 is 0 Å². The van der Waals surface area contributed by atoms with Crippen molar-refractivity contribution in [3.05, 3.63) is 139 Å². The molecule has 5 aromatic rings. The molecule has 1 aliphatic carbocycles. The lowest BCUT2D eigenvalue weighted by Crippen LogP contribution is -2.17. The highest BCUT2D eigenvalue weighted by Crippen LogP contribution is 2.28. The number of nitrogens with one attached hydrogen (secondary N) is 2. The van der Waals surface area contributed by atoms with Crippen molar-refractivity contribution in [2.24, 2.45) is 0 Å². The fourth-order valence-electron chi connectivity index (χ4n) is 3.94. The number of benzene rings is 1. The van der Waals surface area contributed by atoms with Crippen LogP contribution in [0.3, 0.4) is 0 Å². The summed E-state index contributed by atoms with van der Waals surface area (Å²) in [6.07, 6.45) is 7.00. The van der Waals surface area contributed by atoms with Crippen LogP contribution in [0.2, 0.25) is 0 Å². The van der Waals surface area contributed by atoms with Crippen molar-refractivity contribution in [1.29, 1.82) is 10.8 Å². The molecule has 0 bridgehead atoms. The van der Waals surface area contributed by atoms with Gasteiger partial charge in [0.25, 0.3) is 0 Å². The van der Waals surface area contributed by atoms with E-state index in [1.54, 1.807) is 18.5 Å². The van der Waals surface area contributed by atoms with E-state index in [2.05, 4.69) is 9.97 Å². The van der Waals surface area contributed by atoms with E-state index in [-0.39, 0.29) is 11.4 Å². The topological polar surface area (TPSA) is 125 Å². The van der Waals surface area contributed by atoms with Gasteiger partial charge >= 0.3 is 0 Å². The molecule has 0 unspecified atom stereocenters. The van der Waals surface area contributed by atoms with Gasteiger partial charge in [0.05, 0.1) is 45.6 Å². The number of hydrogen-bond acceptors (Lipinski definition) is 7. The standard InChI is InChI=1S/C26H18N6.C6H7N/c27-19-16-17(20-9-5-11-24(31-20)22-7-1-3-13-29-22)15-18(26(19)28)21-10-6-12-25(32-21)23-8-2-4-14-30-23;7-6-4-2-1-3-5-6/h1-16,27-28H;1-5H,7H2. The van der Waals surface area contributed by atoms with Crippen LogP contribution in [0.4, 0.5) is 5.69 Å². The Labute approximate surface area is 226 Å². The minimum absolute atomic E-state index is 0.118. The molecule has 0 saturated carbocycles. The first-order valence-electron chi connectivity index (χ1n) is 12.3. The fraction of sp³-hybridized carbons (Fsp3) is 0. The second kappa shape index (κ2) is 11.7. The zero-order valence-corrected chi connectivity index (χ0v) is 21.0. The average Bonchev–Trinajstić information content (AvgIpc) is 3.00. The molecule has 7 nitrogen and oxygen atoms in total. The summed E-state index contributed by atoms with van der Waals surface area (Å²) in [6.45, 7) is 0. The van der Waals surface area contributed by atoms with Crippen molar-refractivity contribution in [2.45, 2.75) is 0 Å². The molecule has 0 fully saturated rings. The maximum Gasteiger partial charge on any atom is 0.0893 e. The molecule has 0 radical (unpaired) electrons. The maximum absolute atomic E-state index is 8.47. The number of nitrogens with zero attached hydrogens (tertiary/aromatic N) is 4. The van der Waals surface area contributed by atoms with Crippen molar-refractivity contribution in [3.8, 4) is 22.8 Å². The summed E-state index contributed by atoms with van der Waals surface area (Å²) in [7, 11) is 0. The van der Waals surface area contributed by atoms with Gasteiger partial charge in [-0.25, -0.2) is 9.97 Å². The minimum Gasteiger partial charge on any atom is -0.399 e. The second-order valence-corrected chi connectivity index (χ2v) is 8.60. The van der Waals surface area contributed by atoms with Crippen LogP contribution < -0.4 is 5.73 Å². The molecule has 39 heavy (non-hydrogen) atoms. The van der Waals surface area contributed by atoms with Crippen LogP contribution in [0, 0.1) is 10.8 Å². The summed E-state index contributed by atoms with van der Waals surface area (Å²) in [5, 5.41) is 16.8. The van der Waals surface area contributed by atoms with E-state index in [9.17, 15) is 0 Å². The first-order chi connectivity index (χ1) is 19.1. The van der Waals surface area contributed by atoms with Gasteiger partial charge in [0.1, 0.15) is 0 Å². The normalized spacial score (nSPS) is 12.6. The first kappa shape index (κ1) is 25.1. The monoisotopic (exact) mass is 507 g/mol. The molecule has 0 saturated heterocycles. The molecule has 4 heterocycles. The molecule has 4 aromatic heterocycles. The zero-order chi connectivity index (χ0) is 27.0. The number of allylic oxidation sites excluding steroid dienone is 4. The fourth-order valence-corrected chi connectivity index (χ4v) is 3.94. The predicted octanol–water partition coefficient (Wildman–Crippen LogP) is 6.39. The molecule has 1 aliphatic rings. The first-order valence-corrected chi connectivity index (χ1v) is 12.3. The third-order valence-corrected chi connectivity index (χ3v) is 5.86. The van der Waals surface area contributed by atoms with Gasteiger partial charge < -0.3 is 5.73 Å². The maximum atomic E-state index is 8.47. The third-order valence-electron chi connectivity index (χ3n) is 5.86. The second-order valence-electron chi connectivity index (χ2n) is 8.60. The lowest BCUT2D eigenvalue weighted by molar-refractivity contribution is 1.22. The summed E-state index contributed by atoms with van der Waals surface area (Å²) in [5.74, 6) is 0. The third kappa shape index (κ3) is 6.06. The van der Waals surface area contributed by atoms with Crippen molar-refractivity contribution in [3.63, 3.8) is 0 Å². The summed E-state index contributed by atoms with van der Waals surface area (Å²) in [5.41, 5.74) is 12.1. The van der Waals surface area contributed by atoms with Crippen LogP contribution in [0.1, 0.15) is 11.4 Å². The van der Waals surface area contributed by atoms with Gasteiger partial charge in [-0.2, -0.15) is 0 Å². The van der Waals surface area contributed by atoms with Gasteiger partial charge in [0.2, 0.25) is 0 Å². The Kier molecular flexibility index (Phi) is 7.51. The van der Waals surface area contributed by atoms with Gasteiger partial charge in [-0.15, -0.1) is 0 Å². The molecule has 0 atom stereocenters. The molecule has 0 spiro atoms.